The molecule has 2 unspecified atom stereocenters. The van der Waals surface area contributed by atoms with E-state index in [9.17, 15) is 4.79 Å². The number of amides is 1. The van der Waals surface area contributed by atoms with E-state index in [-0.39, 0.29) is 11.8 Å². The minimum Gasteiger partial charge on any atom is -0.309 e. The molecule has 1 saturated carbocycles. The summed E-state index contributed by atoms with van der Waals surface area (Å²) in [6.45, 7) is 3.94. The topological polar surface area (TPSA) is 70.1 Å². The molecule has 6 heteroatoms. The van der Waals surface area contributed by atoms with Crippen molar-refractivity contribution in [1.29, 1.82) is 0 Å². The number of nitrogens with one attached hydrogen (secondary N) is 2. The van der Waals surface area contributed by atoms with Crippen molar-refractivity contribution in [2.45, 2.75) is 51.9 Å². The number of hydrogen-bond acceptors (Lipinski definition) is 3. The summed E-state index contributed by atoms with van der Waals surface area (Å²) in [5.74, 6) is 1.15. The predicted octanol–water partition coefficient (Wildman–Crippen LogP) is 5.07. The van der Waals surface area contributed by atoms with Crippen molar-refractivity contribution in [3.63, 3.8) is 0 Å². The Bertz CT molecular complexity index is 872. The number of fused-ring (bicyclic) bond motifs is 2. The molecule has 0 aromatic carbocycles. The minimum atomic E-state index is -0.333. The van der Waals surface area contributed by atoms with Gasteiger partial charge in [-0.05, 0) is 63.5 Å². The van der Waals surface area contributed by atoms with Gasteiger partial charge in [0, 0.05) is 34.1 Å². The first-order chi connectivity index (χ1) is 13.0. The number of rotatable bonds is 4. The molecule has 1 amide bonds. The average Bonchev–Trinajstić information content (AvgIpc) is 3.39. The summed E-state index contributed by atoms with van der Waals surface area (Å²) in [4.78, 5) is 17.6. The quantitative estimate of drug-likeness (QED) is 0.760. The number of carbonyl (C=O) groups is 1. The Balaban J connectivity index is 1.50. The highest BCUT2D eigenvalue weighted by molar-refractivity contribution is 6.31. The van der Waals surface area contributed by atoms with Gasteiger partial charge in [-0.3, -0.25) is 14.9 Å². The maximum Gasteiger partial charge on any atom is 0.234 e. The zero-order valence-corrected chi connectivity index (χ0v) is 16.5. The SMILES string of the molecule is C/C1=C/C(Cl)=C\CCC2C=C(C(C)C(=O)Nc3cc(C4CC4)[nH]n3)N=C1C2. The van der Waals surface area contributed by atoms with E-state index in [2.05, 4.69) is 27.7 Å². The van der Waals surface area contributed by atoms with Crippen molar-refractivity contribution in [3.05, 3.63) is 46.3 Å². The summed E-state index contributed by atoms with van der Waals surface area (Å²) >= 11 is 6.26. The number of allylic oxidation sites excluding steroid dienone is 5. The molecule has 1 aromatic rings. The monoisotopic (exact) mass is 384 g/mol. The zero-order chi connectivity index (χ0) is 19.0. The van der Waals surface area contributed by atoms with E-state index in [0.717, 1.165) is 47.0 Å². The van der Waals surface area contributed by atoms with E-state index in [4.69, 9.17) is 16.6 Å². The fourth-order valence-electron chi connectivity index (χ4n) is 3.62. The average molecular weight is 385 g/mol. The van der Waals surface area contributed by atoms with Crippen LogP contribution >= 0.6 is 11.6 Å². The molecule has 2 atom stereocenters. The number of anilines is 1. The van der Waals surface area contributed by atoms with Crippen molar-refractivity contribution in [2.75, 3.05) is 5.32 Å². The highest BCUT2D eigenvalue weighted by atomic mass is 35.5. The minimum absolute atomic E-state index is 0.0773. The lowest BCUT2D eigenvalue weighted by molar-refractivity contribution is -0.118. The number of aromatic amines is 1. The van der Waals surface area contributed by atoms with Gasteiger partial charge in [-0.15, -0.1) is 0 Å². The fraction of sp³-hybridized carbons (Fsp3) is 0.476. The van der Waals surface area contributed by atoms with Crippen molar-refractivity contribution < 1.29 is 4.79 Å². The highest BCUT2D eigenvalue weighted by Crippen LogP contribution is 2.39. The van der Waals surface area contributed by atoms with Gasteiger partial charge in [-0.2, -0.15) is 5.10 Å². The Labute approximate surface area is 164 Å². The summed E-state index contributed by atoms with van der Waals surface area (Å²) < 4.78 is 0. The second-order valence-corrected chi connectivity index (χ2v) is 8.24. The molecule has 1 aliphatic heterocycles. The van der Waals surface area contributed by atoms with Gasteiger partial charge in [-0.25, -0.2) is 0 Å². The zero-order valence-electron chi connectivity index (χ0n) is 15.8. The molecule has 2 heterocycles. The third-order valence-electron chi connectivity index (χ3n) is 5.52. The van der Waals surface area contributed by atoms with Gasteiger partial charge in [-0.1, -0.05) is 23.8 Å². The molecular weight excluding hydrogens is 360 g/mol. The van der Waals surface area contributed by atoms with Crippen LogP contribution in [0.2, 0.25) is 0 Å². The number of H-pyrrole nitrogens is 1. The van der Waals surface area contributed by atoms with Crippen molar-refractivity contribution in [2.24, 2.45) is 16.8 Å². The van der Waals surface area contributed by atoms with Crippen LogP contribution in [0.4, 0.5) is 5.82 Å². The third-order valence-corrected chi connectivity index (χ3v) is 5.78. The molecule has 2 bridgehead atoms. The van der Waals surface area contributed by atoms with Gasteiger partial charge in [0.05, 0.1) is 5.92 Å². The van der Waals surface area contributed by atoms with Crippen LogP contribution in [0.5, 0.6) is 0 Å². The third kappa shape index (κ3) is 4.24. The second-order valence-electron chi connectivity index (χ2n) is 7.80. The van der Waals surface area contributed by atoms with Crippen LogP contribution in [-0.4, -0.2) is 21.8 Å². The molecule has 3 aliphatic rings. The van der Waals surface area contributed by atoms with Crippen LogP contribution < -0.4 is 5.32 Å². The predicted molar refractivity (Wildman–Crippen MR) is 109 cm³/mol. The van der Waals surface area contributed by atoms with Crippen LogP contribution in [-0.2, 0) is 4.79 Å². The van der Waals surface area contributed by atoms with Gasteiger partial charge in [0.15, 0.2) is 5.82 Å². The van der Waals surface area contributed by atoms with Crippen LogP contribution in [0.15, 0.2) is 45.6 Å². The number of carbonyl (C=O) groups excluding carboxylic acids is 1. The van der Waals surface area contributed by atoms with Crippen molar-refractivity contribution in [3.8, 4) is 0 Å². The molecule has 1 aromatic heterocycles. The first kappa shape index (κ1) is 18.2. The molecule has 2 aliphatic carbocycles. The van der Waals surface area contributed by atoms with E-state index < -0.39 is 0 Å². The number of aromatic nitrogens is 2. The summed E-state index contributed by atoms with van der Waals surface area (Å²) in [6.07, 6.45) is 11.4. The Kier molecular flexibility index (Phi) is 5.04. The molecule has 4 rings (SSSR count). The number of hydrogen-bond donors (Lipinski definition) is 2. The van der Waals surface area contributed by atoms with Crippen LogP contribution in [0.1, 0.15) is 57.6 Å². The van der Waals surface area contributed by atoms with Gasteiger partial charge >= 0.3 is 0 Å². The Morgan fingerprint density at radius 2 is 2.19 bits per heavy atom. The summed E-state index contributed by atoms with van der Waals surface area (Å²) in [7, 11) is 0. The maximum atomic E-state index is 12.8. The van der Waals surface area contributed by atoms with E-state index in [0.29, 0.717) is 17.7 Å². The molecule has 0 spiro atoms. The molecule has 2 N–H and O–H groups in total. The molecule has 142 valence electrons. The molecule has 27 heavy (non-hydrogen) atoms. The lowest BCUT2D eigenvalue weighted by atomic mass is 9.88. The van der Waals surface area contributed by atoms with Crippen LogP contribution in [0.25, 0.3) is 0 Å². The lowest BCUT2D eigenvalue weighted by Gasteiger charge is -2.23. The largest absolute Gasteiger partial charge is 0.309 e. The van der Waals surface area contributed by atoms with E-state index in [1.54, 1.807) is 0 Å². The molecule has 0 radical (unpaired) electrons. The normalized spacial score (nSPS) is 27.6. The van der Waals surface area contributed by atoms with E-state index in [1.807, 2.05) is 26.0 Å². The second kappa shape index (κ2) is 7.47. The van der Waals surface area contributed by atoms with Crippen LogP contribution in [0.3, 0.4) is 0 Å². The Hall–Kier alpha value is -2.14. The van der Waals surface area contributed by atoms with Crippen molar-refractivity contribution >= 4 is 29.0 Å². The van der Waals surface area contributed by atoms with Gasteiger partial charge < -0.3 is 5.32 Å². The first-order valence-corrected chi connectivity index (χ1v) is 10.1. The highest BCUT2D eigenvalue weighted by Gasteiger charge is 2.27. The summed E-state index contributed by atoms with van der Waals surface area (Å²) in [5, 5.41) is 10.9. The number of aliphatic imine (C=N–C) groups is 1. The lowest BCUT2D eigenvalue weighted by Crippen LogP contribution is -2.25. The Morgan fingerprint density at radius 1 is 1.37 bits per heavy atom. The number of nitrogens with zero attached hydrogens (tertiary/aromatic N) is 2. The molecule has 0 saturated heterocycles. The standard InChI is InChI=1S/C21H25ClN4O/c1-12-8-16(22)5-3-4-14-9-17(12)23-18(10-14)13(2)21(27)24-20-11-19(25-26-20)15-6-7-15/h5,8,10-11,13-15H,3-4,6-7,9H2,1-2H3,(H2,24,25,26,27)/b12-8-,16-5+. The van der Waals surface area contributed by atoms with E-state index in [1.165, 1.54) is 12.8 Å². The van der Waals surface area contributed by atoms with Gasteiger partial charge in [0.25, 0.3) is 0 Å². The maximum absolute atomic E-state index is 12.8. The molecular formula is C21H25ClN4O. The van der Waals surface area contributed by atoms with Gasteiger partial charge in [0.2, 0.25) is 5.91 Å². The Morgan fingerprint density at radius 3 is 2.96 bits per heavy atom. The van der Waals surface area contributed by atoms with Gasteiger partial charge in [0.1, 0.15) is 0 Å². The fourth-order valence-corrected chi connectivity index (χ4v) is 3.89. The van der Waals surface area contributed by atoms with Crippen LogP contribution in [0, 0.1) is 11.8 Å². The smallest absolute Gasteiger partial charge is 0.234 e. The summed E-state index contributed by atoms with van der Waals surface area (Å²) in [5.41, 5.74) is 4.05. The summed E-state index contributed by atoms with van der Waals surface area (Å²) in [6, 6.07) is 1.94. The van der Waals surface area contributed by atoms with E-state index >= 15 is 0 Å². The molecule has 5 nitrogen and oxygen atoms in total. The molecule has 1 fully saturated rings. The van der Waals surface area contributed by atoms with Crippen molar-refractivity contribution in [1.82, 2.24) is 10.2 Å². The number of halogens is 1. The first-order valence-electron chi connectivity index (χ1n) is 9.69.